The molecule has 22 heavy (non-hydrogen) atoms. The number of methoxy groups -OCH3 is 1. The van der Waals surface area contributed by atoms with Crippen molar-refractivity contribution < 1.29 is 14.3 Å². The maximum Gasteiger partial charge on any atom is 0.245 e. The molecular weight excluding hydrogens is 280 g/mol. The van der Waals surface area contributed by atoms with Crippen molar-refractivity contribution in [2.45, 2.75) is 25.8 Å². The summed E-state index contributed by atoms with van der Waals surface area (Å²) < 4.78 is 5.01. The van der Waals surface area contributed by atoms with E-state index >= 15 is 0 Å². The first-order valence-electron chi connectivity index (χ1n) is 7.74. The highest BCUT2D eigenvalue weighted by Gasteiger charge is 2.35. The van der Waals surface area contributed by atoms with Gasteiger partial charge in [0.15, 0.2) is 0 Å². The van der Waals surface area contributed by atoms with Crippen molar-refractivity contribution in [3.63, 3.8) is 0 Å². The Labute approximate surface area is 131 Å². The van der Waals surface area contributed by atoms with E-state index in [1.807, 2.05) is 37.3 Å². The zero-order valence-corrected chi connectivity index (χ0v) is 13.3. The van der Waals surface area contributed by atoms with Crippen LogP contribution in [0.2, 0.25) is 0 Å². The SMILES string of the molecule is COCCCN1C(=O)CN(CCc2ccccc2)C(=O)[C@H]1C. The molecule has 1 saturated heterocycles. The summed E-state index contributed by atoms with van der Waals surface area (Å²) in [5, 5.41) is 0. The number of amides is 2. The second kappa shape index (κ2) is 7.94. The summed E-state index contributed by atoms with van der Waals surface area (Å²) in [7, 11) is 1.64. The third-order valence-electron chi connectivity index (χ3n) is 4.04. The first kappa shape index (κ1) is 16.5. The van der Waals surface area contributed by atoms with Crippen LogP contribution in [0.15, 0.2) is 30.3 Å². The predicted octanol–water partition coefficient (Wildman–Crippen LogP) is 1.32. The van der Waals surface area contributed by atoms with Gasteiger partial charge in [-0.15, -0.1) is 0 Å². The molecule has 1 atom stereocenters. The van der Waals surface area contributed by atoms with Gasteiger partial charge in [-0.3, -0.25) is 9.59 Å². The number of piperazine rings is 1. The zero-order valence-electron chi connectivity index (χ0n) is 13.3. The van der Waals surface area contributed by atoms with Gasteiger partial charge in [-0.2, -0.15) is 0 Å². The standard InChI is InChI=1S/C17H24N2O3/c1-14-17(21)18(11-9-15-7-4-3-5-8-15)13-16(20)19(14)10-6-12-22-2/h3-5,7-8,14H,6,9-13H2,1-2H3/t14-/m1/s1. The van der Waals surface area contributed by atoms with Gasteiger partial charge < -0.3 is 14.5 Å². The first-order valence-corrected chi connectivity index (χ1v) is 7.74. The van der Waals surface area contributed by atoms with Crippen LogP contribution in [-0.2, 0) is 20.7 Å². The molecule has 0 unspecified atom stereocenters. The molecular formula is C17H24N2O3. The Kier molecular flexibility index (Phi) is 5.95. The number of rotatable bonds is 7. The number of carbonyl (C=O) groups is 2. The Morgan fingerprint density at radius 3 is 2.59 bits per heavy atom. The van der Waals surface area contributed by atoms with Gasteiger partial charge >= 0.3 is 0 Å². The fraction of sp³-hybridized carbons (Fsp3) is 0.529. The lowest BCUT2D eigenvalue weighted by Gasteiger charge is -2.38. The minimum absolute atomic E-state index is 0.0243. The van der Waals surface area contributed by atoms with Crippen LogP contribution in [0.5, 0.6) is 0 Å². The second-order valence-corrected chi connectivity index (χ2v) is 5.60. The van der Waals surface area contributed by atoms with Crippen LogP contribution in [0.1, 0.15) is 18.9 Å². The summed E-state index contributed by atoms with van der Waals surface area (Å²) >= 11 is 0. The summed E-state index contributed by atoms with van der Waals surface area (Å²) in [5.41, 5.74) is 1.18. The van der Waals surface area contributed by atoms with Crippen molar-refractivity contribution in [2.24, 2.45) is 0 Å². The molecule has 1 aromatic carbocycles. The van der Waals surface area contributed by atoms with Gasteiger partial charge in [-0.25, -0.2) is 0 Å². The van der Waals surface area contributed by atoms with Crippen LogP contribution in [-0.4, -0.2) is 61.0 Å². The number of ether oxygens (including phenoxy) is 1. The largest absolute Gasteiger partial charge is 0.385 e. The molecule has 0 spiro atoms. The fourth-order valence-electron chi connectivity index (χ4n) is 2.74. The van der Waals surface area contributed by atoms with Crippen LogP contribution in [0.3, 0.4) is 0 Å². The number of nitrogens with zero attached hydrogens (tertiary/aromatic N) is 2. The molecule has 1 heterocycles. The van der Waals surface area contributed by atoms with Crippen LogP contribution in [0, 0.1) is 0 Å². The Morgan fingerprint density at radius 2 is 1.91 bits per heavy atom. The Balaban J connectivity index is 1.90. The molecule has 0 saturated carbocycles. The smallest absolute Gasteiger partial charge is 0.245 e. The van der Waals surface area contributed by atoms with Gasteiger partial charge in [0.05, 0.1) is 6.54 Å². The van der Waals surface area contributed by atoms with Crippen molar-refractivity contribution in [2.75, 3.05) is 33.4 Å². The maximum absolute atomic E-state index is 12.4. The quantitative estimate of drug-likeness (QED) is 0.714. The van der Waals surface area contributed by atoms with E-state index in [0.29, 0.717) is 19.7 Å². The van der Waals surface area contributed by atoms with Crippen molar-refractivity contribution >= 4 is 11.8 Å². The highest BCUT2D eigenvalue weighted by Crippen LogP contribution is 2.14. The molecule has 5 heteroatoms. The molecule has 1 aliphatic rings. The van der Waals surface area contributed by atoms with E-state index in [9.17, 15) is 9.59 Å². The van der Waals surface area contributed by atoms with E-state index in [-0.39, 0.29) is 24.4 Å². The first-order chi connectivity index (χ1) is 10.6. The predicted molar refractivity (Wildman–Crippen MR) is 84.4 cm³/mol. The van der Waals surface area contributed by atoms with E-state index in [2.05, 4.69) is 0 Å². The summed E-state index contributed by atoms with van der Waals surface area (Å²) in [5.74, 6) is 0.0595. The van der Waals surface area contributed by atoms with Crippen molar-refractivity contribution in [3.8, 4) is 0 Å². The number of benzene rings is 1. The van der Waals surface area contributed by atoms with Gasteiger partial charge in [-0.05, 0) is 25.3 Å². The van der Waals surface area contributed by atoms with Gasteiger partial charge in [0.1, 0.15) is 6.04 Å². The van der Waals surface area contributed by atoms with Gasteiger partial charge in [0, 0.05) is 26.8 Å². The molecule has 2 rings (SSSR count). The lowest BCUT2D eigenvalue weighted by atomic mass is 10.1. The number of hydrogen-bond acceptors (Lipinski definition) is 3. The molecule has 0 radical (unpaired) electrons. The second-order valence-electron chi connectivity index (χ2n) is 5.60. The molecule has 0 aliphatic carbocycles. The Hall–Kier alpha value is -1.88. The van der Waals surface area contributed by atoms with E-state index in [4.69, 9.17) is 4.74 Å². The molecule has 5 nitrogen and oxygen atoms in total. The summed E-state index contributed by atoms with van der Waals surface area (Å²) in [6.07, 6.45) is 1.53. The maximum atomic E-state index is 12.4. The lowest BCUT2D eigenvalue weighted by Crippen LogP contribution is -2.59. The average Bonchev–Trinajstić information content (AvgIpc) is 2.54. The molecule has 1 fully saturated rings. The van der Waals surface area contributed by atoms with E-state index in [0.717, 1.165) is 12.8 Å². The molecule has 2 amide bonds. The summed E-state index contributed by atoms with van der Waals surface area (Å²) in [6, 6.07) is 9.64. The Morgan fingerprint density at radius 1 is 1.18 bits per heavy atom. The summed E-state index contributed by atoms with van der Waals surface area (Å²) in [4.78, 5) is 28.0. The molecule has 1 aliphatic heterocycles. The number of carbonyl (C=O) groups excluding carboxylic acids is 2. The van der Waals surface area contributed by atoms with Crippen molar-refractivity contribution in [1.29, 1.82) is 0 Å². The fourth-order valence-corrected chi connectivity index (χ4v) is 2.74. The highest BCUT2D eigenvalue weighted by molar-refractivity contribution is 5.94. The van der Waals surface area contributed by atoms with E-state index in [1.165, 1.54) is 5.56 Å². The summed E-state index contributed by atoms with van der Waals surface area (Å²) in [6.45, 7) is 3.75. The van der Waals surface area contributed by atoms with Gasteiger partial charge in [-0.1, -0.05) is 30.3 Å². The molecule has 120 valence electrons. The molecule has 0 N–H and O–H groups in total. The van der Waals surface area contributed by atoms with E-state index < -0.39 is 0 Å². The van der Waals surface area contributed by atoms with Gasteiger partial charge in [0.25, 0.3) is 0 Å². The normalized spacial score (nSPS) is 18.9. The van der Waals surface area contributed by atoms with Crippen LogP contribution < -0.4 is 0 Å². The topological polar surface area (TPSA) is 49.9 Å². The Bertz CT molecular complexity index is 504. The van der Waals surface area contributed by atoms with Crippen LogP contribution >= 0.6 is 0 Å². The zero-order chi connectivity index (χ0) is 15.9. The average molecular weight is 304 g/mol. The third-order valence-corrected chi connectivity index (χ3v) is 4.04. The van der Waals surface area contributed by atoms with E-state index in [1.54, 1.807) is 16.9 Å². The van der Waals surface area contributed by atoms with Crippen LogP contribution in [0.4, 0.5) is 0 Å². The monoisotopic (exact) mass is 304 g/mol. The highest BCUT2D eigenvalue weighted by atomic mass is 16.5. The minimum Gasteiger partial charge on any atom is -0.385 e. The third kappa shape index (κ3) is 4.07. The number of hydrogen-bond donors (Lipinski definition) is 0. The molecule has 1 aromatic rings. The minimum atomic E-state index is -0.381. The van der Waals surface area contributed by atoms with Gasteiger partial charge in [0.2, 0.25) is 11.8 Å². The van der Waals surface area contributed by atoms with Crippen molar-refractivity contribution in [1.82, 2.24) is 9.80 Å². The molecule has 0 aromatic heterocycles. The molecule has 0 bridgehead atoms. The van der Waals surface area contributed by atoms with Crippen molar-refractivity contribution in [3.05, 3.63) is 35.9 Å². The lowest BCUT2D eigenvalue weighted by molar-refractivity contribution is -0.155. The van der Waals surface area contributed by atoms with Crippen LogP contribution in [0.25, 0.3) is 0 Å².